The van der Waals surface area contributed by atoms with Gasteiger partial charge in [0.05, 0.1) is 7.11 Å². The Morgan fingerprint density at radius 2 is 1.83 bits per heavy atom. The minimum atomic E-state index is -0.568. The van der Waals surface area contributed by atoms with Crippen molar-refractivity contribution in [2.45, 2.75) is 26.4 Å². The molecule has 1 aliphatic rings. The zero-order chi connectivity index (χ0) is 17.3. The Morgan fingerprint density at radius 3 is 2.46 bits per heavy atom. The van der Waals surface area contributed by atoms with Crippen LogP contribution in [0.3, 0.4) is 0 Å². The normalized spacial score (nSPS) is 22.9. The largest absolute Gasteiger partial charge is 0.497 e. The van der Waals surface area contributed by atoms with E-state index >= 15 is 0 Å². The molecule has 2 atom stereocenters. The van der Waals surface area contributed by atoms with Gasteiger partial charge in [-0.15, -0.1) is 4.65 Å². The van der Waals surface area contributed by atoms with Crippen molar-refractivity contribution in [2.24, 2.45) is 5.92 Å². The summed E-state index contributed by atoms with van der Waals surface area (Å²) in [6.07, 6.45) is 0. The van der Waals surface area contributed by atoms with Crippen molar-refractivity contribution in [3.63, 3.8) is 0 Å². The van der Waals surface area contributed by atoms with E-state index in [4.69, 9.17) is 4.74 Å². The van der Waals surface area contributed by atoms with E-state index < -0.39 is 10.7 Å². The second kappa shape index (κ2) is 6.26. The third-order valence-electron chi connectivity index (χ3n) is 4.52. The van der Waals surface area contributed by atoms with Gasteiger partial charge in [-0.1, -0.05) is 26.0 Å². The number of anilines is 1. The van der Waals surface area contributed by atoms with Crippen molar-refractivity contribution < 1.29 is 14.7 Å². The Labute approximate surface area is 142 Å². The molecule has 1 amide bonds. The van der Waals surface area contributed by atoms with Crippen LogP contribution in [0.5, 0.6) is 5.75 Å². The number of hydrogen-bond acceptors (Lipinski definition) is 3. The molecular formula is C19H23N2O3+. The molecule has 2 N–H and O–H groups in total. The number of fused-ring (bicyclic) bond motifs is 1. The number of nitrogens with one attached hydrogen (secondary N) is 1. The topological polar surface area (TPSA) is 58.6 Å². The van der Waals surface area contributed by atoms with Crippen LogP contribution < -0.4 is 14.7 Å². The highest BCUT2D eigenvalue weighted by atomic mass is 16.6. The van der Waals surface area contributed by atoms with E-state index in [9.17, 15) is 10.0 Å². The molecule has 0 saturated carbocycles. The average molecular weight is 327 g/mol. The summed E-state index contributed by atoms with van der Waals surface area (Å²) in [6, 6.07) is 14.4. The number of hydroxylamine groups is 2. The number of nitrogens with zero attached hydrogens (tertiary/aromatic N) is 1. The maximum absolute atomic E-state index is 12.6. The van der Waals surface area contributed by atoms with Gasteiger partial charge in [0.25, 0.3) is 5.91 Å². The summed E-state index contributed by atoms with van der Waals surface area (Å²) in [6.45, 7) is 4.22. The van der Waals surface area contributed by atoms with E-state index in [0.29, 0.717) is 17.9 Å². The minimum absolute atomic E-state index is 0.0124. The van der Waals surface area contributed by atoms with Crippen LogP contribution in [0.15, 0.2) is 48.5 Å². The van der Waals surface area contributed by atoms with Crippen LogP contribution in [-0.2, 0) is 11.3 Å². The molecule has 1 unspecified atom stereocenters. The van der Waals surface area contributed by atoms with Gasteiger partial charge in [0.1, 0.15) is 18.0 Å². The van der Waals surface area contributed by atoms with Crippen LogP contribution in [0.2, 0.25) is 0 Å². The SMILES string of the molecule is COc1ccc(C[N@+]2(O)c3ccccc3NC(=O)C2C(C)C)cc1. The van der Waals surface area contributed by atoms with Gasteiger partial charge in [0, 0.05) is 17.5 Å². The van der Waals surface area contributed by atoms with E-state index in [1.165, 1.54) is 0 Å². The Kier molecular flexibility index (Phi) is 4.30. The van der Waals surface area contributed by atoms with Crippen LogP contribution in [-0.4, -0.2) is 24.3 Å². The van der Waals surface area contributed by atoms with E-state index in [-0.39, 0.29) is 11.8 Å². The lowest BCUT2D eigenvalue weighted by Gasteiger charge is -2.41. The van der Waals surface area contributed by atoms with E-state index in [1.54, 1.807) is 7.11 Å². The molecule has 24 heavy (non-hydrogen) atoms. The number of ether oxygens (including phenoxy) is 1. The predicted molar refractivity (Wildman–Crippen MR) is 94.0 cm³/mol. The summed E-state index contributed by atoms with van der Waals surface area (Å²) in [5.74, 6) is 0.599. The Hall–Kier alpha value is -2.37. The fourth-order valence-electron chi connectivity index (χ4n) is 3.46. The van der Waals surface area contributed by atoms with Gasteiger partial charge in [-0.05, 0) is 30.3 Å². The molecule has 2 aromatic rings. The first-order valence-electron chi connectivity index (χ1n) is 8.09. The third kappa shape index (κ3) is 2.77. The van der Waals surface area contributed by atoms with Crippen molar-refractivity contribution in [1.29, 1.82) is 0 Å². The lowest BCUT2D eigenvalue weighted by molar-refractivity contribution is -0.157. The van der Waals surface area contributed by atoms with Gasteiger partial charge in [0.15, 0.2) is 5.69 Å². The molecule has 3 rings (SSSR count). The van der Waals surface area contributed by atoms with E-state index in [2.05, 4.69) is 5.32 Å². The molecule has 0 aromatic heterocycles. The fourth-order valence-corrected chi connectivity index (χ4v) is 3.46. The quantitative estimate of drug-likeness (QED) is 0.844. The summed E-state index contributed by atoms with van der Waals surface area (Å²) >= 11 is 0. The maximum atomic E-state index is 12.6. The molecule has 5 heteroatoms. The number of methoxy groups -OCH3 is 1. The number of carbonyl (C=O) groups is 1. The van der Waals surface area contributed by atoms with Crippen molar-refractivity contribution in [1.82, 2.24) is 4.65 Å². The van der Waals surface area contributed by atoms with Crippen LogP contribution in [0, 0.1) is 5.92 Å². The lowest BCUT2D eigenvalue weighted by Crippen LogP contribution is -2.63. The molecule has 0 fully saturated rings. The number of hydrogen-bond donors (Lipinski definition) is 2. The number of rotatable bonds is 4. The number of amides is 1. The summed E-state index contributed by atoms with van der Waals surface area (Å²) in [5, 5.41) is 14.5. The third-order valence-corrected chi connectivity index (χ3v) is 4.52. The zero-order valence-electron chi connectivity index (χ0n) is 14.2. The van der Waals surface area contributed by atoms with Crippen molar-refractivity contribution in [3.05, 3.63) is 54.1 Å². The van der Waals surface area contributed by atoms with Crippen molar-refractivity contribution in [2.75, 3.05) is 12.4 Å². The Bertz CT molecular complexity index is 743. The highest BCUT2D eigenvalue weighted by Gasteiger charge is 2.50. The summed E-state index contributed by atoms with van der Waals surface area (Å²) in [7, 11) is 1.62. The standard InChI is InChI=1S/C19H22N2O3/c1-13(2)18-19(22)20-16-6-4-5-7-17(16)21(18,23)12-14-8-10-15(24-3)11-9-14/h4-11,13,18,23H,12H2,1-3H3/p+1/t18?,21-/m0/s1. The molecular weight excluding hydrogens is 304 g/mol. The highest BCUT2D eigenvalue weighted by molar-refractivity contribution is 6.01. The molecule has 126 valence electrons. The smallest absolute Gasteiger partial charge is 0.286 e. The molecule has 1 aliphatic heterocycles. The number of para-hydroxylation sites is 2. The monoisotopic (exact) mass is 327 g/mol. The fraction of sp³-hybridized carbons (Fsp3) is 0.316. The second-order valence-electron chi connectivity index (χ2n) is 6.53. The summed E-state index contributed by atoms with van der Waals surface area (Å²) < 4.78 is 4.76. The van der Waals surface area contributed by atoms with E-state index in [1.807, 2.05) is 62.4 Å². The van der Waals surface area contributed by atoms with Gasteiger partial charge in [-0.3, -0.25) is 4.79 Å². The van der Waals surface area contributed by atoms with E-state index in [0.717, 1.165) is 11.3 Å². The second-order valence-corrected chi connectivity index (χ2v) is 6.53. The molecule has 0 saturated heterocycles. The zero-order valence-corrected chi connectivity index (χ0v) is 14.2. The number of quaternary nitrogens is 1. The minimum Gasteiger partial charge on any atom is -0.497 e. The average Bonchev–Trinajstić information content (AvgIpc) is 2.55. The predicted octanol–water partition coefficient (Wildman–Crippen LogP) is 3.57. The summed E-state index contributed by atoms with van der Waals surface area (Å²) in [4.78, 5) is 12.6. The van der Waals surface area contributed by atoms with Gasteiger partial charge >= 0.3 is 0 Å². The maximum Gasteiger partial charge on any atom is 0.286 e. The molecule has 0 bridgehead atoms. The Balaban J connectivity index is 2.06. The highest BCUT2D eigenvalue weighted by Crippen LogP contribution is 2.40. The van der Waals surface area contributed by atoms with Crippen LogP contribution in [0.25, 0.3) is 0 Å². The molecule has 1 heterocycles. The van der Waals surface area contributed by atoms with Gasteiger partial charge in [0.2, 0.25) is 6.04 Å². The Morgan fingerprint density at radius 1 is 1.17 bits per heavy atom. The molecule has 5 nitrogen and oxygen atoms in total. The first kappa shape index (κ1) is 16.5. The molecule has 0 spiro atoms. The van der Waals surface area contributed by atoms with Crippen molar-refractivity contribution >= 4 is 17.3 Å². The first-order valence-corrected chi connectivity index (χ1v) is 8.09. The molecule has 0 aliphatic carbocycles. The van der Waals surface area contributed by atoms with Gasteiger partial charge in [-0.2, -0.15) is 0 Å². The van der Waals surface area contributed by atoms with Crippen LogP contribution >= 0.6 is 0 Å². The lowest BCUT2D eigenvalue weighted by atomic mass is 9.96. The van der Waals surface area contributed by atoms with Crippen LogP contribution in [0.1, 0.15) is 19.4 Å². The summed E-state index contributed by atoms with van der Waals surface area (Å²) in [5.41, 5.74) is 2.32. The van der Waals surface area contributed by atoms with Crippen LogP contribution in [0.4, 0.5) is 11.4 Å². The number of benzene rings is 2. The first-order chi connectivity index (χ1) is 11.5. The molecule has 2 aromatic carbocycles. The van der Waals surface area contributed by atoms with Crippen molar-refractivity contribution in [3.8, 4) is 5.75 Å². The van der Waals surface area contributed by atoms with Gasteiger partial charge in [-0.25, -0.2) is 5.21 Å². The van der Waals surface area contributed by atoms with Gasteiger partial charge < -0.3 is 10.1 Å². The number of carbonyl (C=O) groups excluding carboxylic acids is 1. The molecule has 0 radical (unpaired) electrons.